The van der Waals surface area contributed by atoms with E-state index in [0.29, 0.717) is 18.2 Å². The van der Waals surface area contributed by atoms with Crippen LogP contribution in [0.15, 0.2) is 5.11 Å². The summed E-state index contributed by atoms with van der Waals surface area (Å²) < 4.78 is 11.2. The van der Waals surface area contributed by atoms with Gasteiger partial charge in [0.2, 0.25) is 0 Å². The number of hydrogen-bond donors (Lipinski definition) is 0. The molecule has 0 aliphatic carbocycles. The van der Waals surface area contributed by atoms with Gasteiger partial charge in [0, 0.05) is 33.8 Å². The molecule has 0 aliphatic rings. The Hall–Kier alpha value is -0.540. The molecule has 2 atom stereocenters. The van der Waals surface area contributed by atoms with Crippen LogP contribution in [0, 0.1) is 5.92 Å². The highest BCUT2D eigenvalue weighted by molar-refractivity contribution is 7.85. The maximum absolute atomic E-state index is 11.2. The number of hydrogen-bond acceptors (Lipinski definition) is 2. The first-order valence-corrected chi connectivity index (χ1v) is 5.55. The second-order valence-electron chi connectivity index (χ2n) is 2.78. The fraction of sp³-hybridized carbons (Fsp3) is 1.00. The fourth-order valence-corrected chi connectivity index (χ4v) is 2.03. The van der Waals surface area contributed by atoms with Gasteiger partial charge in [-0.2, -0.15) is 0 Å². The van der Waals surface area contributed by atoms with Crippen LogP contribution in [0.1, 0.15) is 20.3 Å². The molecular weight excluding hydrogens is 174 g/mol. The van der Waals surface area contributed by atoms with E-state index in [4.69, 9.17) is 5.53 Å². The Kier molecular flexibility index (Phi) is 6.81. The van der Waals surface area contributed by atoms with Gasteiger partial charge in [-0.3, -0.25) is 4.21 Å². The van der Waals surface area contributed by atoms with Gasteiger partial charge >= 0.3 is 0 Å². The predicted molar refractivity (Wildman–Crippen MR) is 51.3 cm³/mol. The minimum absolute atomic E-state index is 0.347. The third-order valence-corrected chi connectivity index (χ3v) is 3.23. The van der Waals surface area contributed by atoms with Crippen LogP contribution in [-0.2, 0) is 10.8 Å². The summed E-state index contributed by atoms with van der Waals surface area (Å²) in [6.07, 6.45) is 1.05. The largest absolute Gasteiger partial charge is 0.260 e. The Labute approximate surface area is 75.4 Å². The molecule has 2 unspecified atom stereocenters. The van der Waals surface area contributed by atoms with E-state index in [1.165, 1.54) is 0 Å². The molecule has 0 aromatic carbocycles. The second-order valence-corrected chi connectivity index (χ2v) is 4.40. The smallest absolute Gasteiger partial charge is 0.0373 e. The molecule has 0 spiro atoms. The molecule has 0 aromatic heterocycles. The van der Waals surface area contributed by atoms with Crippen LogP contribution in [0.5, 0.6) is 0 Å². The number of azide groups is 1. The monoisotopic (exact) mass is 189 g/mol. The van der Waals surface area contributed by atoms with E-state index >= 15 is 0 Å². The van der Waals surface area contributed by atoms with E-state index in [1.807, 2.05) is 0 Å². The second kappa shape index (κ2) is 7.13. The first kappa shape index (κ1) is 11.5. The summed E-state index contributed by atoms with van der Waals surface area (Å²) in [4.78, 5) is 2.60. The number of rotatable bonds is 6. The van der Waals surface area contributed by atoms with Crippen molar-refractivity contribution in [3.8, 4) is 0 Å². The van der Waals surface area contributed by atoms with E-state index in [1.54, 1.807) is 0 Å². The minimum atomic E-state index is -0.816. The molecule has 0 rings (SSSR count). The van der Waals surface area contributed by atoms with E-state index in [0.717, 1.165) is 12.2 Å². The molecule has 0 heterocycles. The van der Waals surface area contributed by atoms with Crippen molar-refractivity contribution in [1.29, 1.82) is 0 Å². The Bertz CT molecular complexity index is 189. The first-order chi connectivity index (χ1) is 5.70. The summed E-state index contributed by atoms with van der Waals surface area (Å²) >= 11 is 0. The summed E-state index contributed by atoms with van der Waals surface area (Å²) in [5, 5.41) is 3.33. The average molecular weight is 189 g/mol. The Balaban J connectivity index is 3.52. The van der Waals surface area contributed by atoms with E-state index in [9.17, 15) is 4.21 Å². The lowest BCUT2D eigenvalue weighted by molar-refractivity contribution is 0.615. The normalized spacial score (nSPS) is 14.8. The van der Waals surface area contributed by atoms with Gasteiger partial charge in [0.1, 0.15) is 0 Å². The van der Waals surface area contributed by atoms with E-state index in [-0.39, 0.29) is 0 Å². The maximum atomic E-state index is 11.2. The van der Waals surface area contributed by atoms with Crippen LogP contribution in [-0.4, -0.2) is 22.3 Å². The summed E-state index contributed by atoms with van der Waals surface area (Å²) in [5.74, 6) is 1.71. The molecule has 0 N–H and O–H groups in total. The zero-order chi connectivity index (χ0) is 9.40. The van der Waals surface area contributed by atoms with Crippen LogP contribution in [0.4, 0.5) is 0 Å². The molecule has 0 bridgehead atoms. The average Bonchev–Trinajstić information content (AvgIpc) is 2.05. The lowest BCUT2D eigenvalue weighted by atomic mass is 10.2. The third-order valence-electron chi connectivity index (χ3n) is 1.65. The molecular formula is C7H15N3OS. The van der Waals surface area contributed by atoms with E-state index < -0.39 is 10.8 Å². The van der Waals surface area contributed by atoms with Crippen molar-refractivity contribution in [1.82, 2.24) is 0 Å². The summed E-state index contributed by atoms with van der Waals surface area (Å²) in [5.41, 5.74) is 7.97. The predicted octanol–water partition coefficient (Wildman–Crippen LogP) is 2.09. The van der Waals surface area contributed by atoms with Gasteiger partial charge in [-0.15, -0.1) is 0 Å². The molecule has 0 saturated carbocycles. The first-order valence-electron chi connectivity index (χ1n) is 4.06. The van der Waals surface area contributed by atoms with Crippen molar-refractivity contribution < 1.29 is 4.21 Å². The molecule has 0 fully saturated rings. The molecule has 4 nitrogen and oxygen atoms in total. The fourth-order valence-electron chi connectivity index (χ4n) is 0.706. The van der Waals surface area contributed by atoms with Crippen LogP contribution in [0.3, 0.4) is 0 Å². The molecule has 0 aromatic rings. The van der Waals surface area contributed by atoms with E-state index in [2.05, 4.69) is 23.9 Å². The highest BCUT2D eigenvalue weighted by atomic mass is 32.2. The molecule has 0 saturated heterocycles. The lowest BCUT2D eigenvalue weighted by Gasteiger charge is -2.06. The molecule has 0 aliphatic heterocycles. The van der Waals surface area contributed by atoms with Gasteiger partial charge in [-0.05, 0) is 11.4 Å². The van der Waals surface area contributed by atoms with Crippen molar-refractivity contribution in [2.45, 2.75) is 20.3 Å². The van der Waals surface area contributed by atoms with Gasteiger partial charge in [0.25, 0.3) is 0 Å². The number of nitrogens with zero attached hydrogens (tertiary/aromatic N) is 3. The Morgan fingerprint density at radius 2 is 2.33 bits per heavy atom. The van der Waals surface area contributed by atoms with Crippen molar-refractivity contribution in [2.24, 2.45) is 11.0 Å². The van der Waals surface area contributed by atoms with Gasteiger partial charge in [0.15, 0.2) is 0 Å². The summed E-state index contributed by atoms with van der Waals surface area (Å²) in [6.45, 7) is 4.50. The maximum Gasteiger partial charge on any atom is 0.0373 e. The standard InChI is InChI=1S/C7H15N3OS/c1-3-7(2)6-12(11)5-4-9-10-8/h7H,3-6H2,1-2H3. The molecule has 0 amide bonds. The minimum Gasteiger partial charge on any atom is -0.260 e. The van der Waals surface area contributed by atoms with Gasteiger partial charge < -0.3 is 0 Å². The summed E-state index contributed by atoms with van der Waals surface area (Å²) in [7, 11) is -0.816. The summed E-state index contributed by atoms with van der Waals surface area (Å²) in [6, 6.07) is 0. The SMILES string of the molecule is CCC(C)CS(=O)CCN=[N+]=[N-]. The molecule has 0 radical (unpaired) electrons. The Morgan fingerprint density at radius 1 is 1.67 bits per heavy atom. The third kappa shape index (κ3) is 6.19. The quantitative estimate of drug-likeness (QED) is 0.358. The van der Waals surface area contributed by atoms with Crippen molar-refractivity contribution in [3.05, 3.63) is 10.4 Å². The van der Waals surface area contributed by atoms with Crippen LogP contribution in [0.25, 0.3) is 10.4 Å². The van der Waals surface area contributed by atoms with Gasteiger partial charge in [-0.25, -0.2) is 0 Å². The molecule has 5 heteroatoms. The van der Waals surface area contributed by atoms with Crippen molar-refractivity contribution in [3.63, 3.8) is 0 Å². The van der Waals surface area contributed by atoms with Gasteiger partial charge in [0.05, 0.1) is 0 Å². The molecule has 70 valence electrons. The zero-order valence-electron chi connectivity index (χ0n) is 7.56. The van der Waals surface area contributed by atoms with Crippen molar-refractivity contribution in [2.75, 3.05) is 18.1 Å². The lowest BCUT2D eigenvalue weighted by Crippen LogP contribution is -2.11. The van der Waals surface area contributed by atoms with Crippen molar-refractivity contribution >= 4 is 10.8 Å². The highest BCUT2D eigenvalue weighted by Gasteiger charge is 2.04. The van der Waals surface area contributed by atoms with Crippen LogP contribution >= 0.6 is 0 Å². The molecule has 12 heavy (non-hydrogen) atoms. The topological polar surface area (TPSA) is 65.8 Å². The highest BCUT2D eigenvalue weighted by Crippen LogP contribution is 2.02. The van der Waals surface area contributed by atoms with Crippen LogP contribution < -0.4 is 0 Å². The van der Waals surface area contributed by atoms with Crippen LogP contribution in [0.2, 0.25) is 0 Å². The van der Waals surface area contributed by atoms with Gasteiger partial charge in [-0.1, -0.05) is 25.4 Å². The Morgan fingerprint density at radius 3 is 2.83 bits per heavy atom. The zero-order valence-corrected chi connectivity index (χ0v) is 8.38.